The summed E-state index contributed by atoms with van der Waals surface area (Å²) in [5.41, 5.74) is 1.51. The Kier molecular flexibility index (Phi) is 5.10. The number of piperazine rings is 1. The fourth-order valence-corrected chi connectivity index (χ4v) is 3.34. The van der Waals surface area contributed by atoms with Crippen molar-refractivity contribution in [3.8, 4) is 0 Å². The molecule has 1 fully saturated rings. The molecular weight excluding hydrogens is 381 g/mol. The second kappa shape index (κ2) is 7.71. The number of aromatic nitrogens is 1. The number of benzene rings is 2. The van der Waals surface area contributed by atoms with Crippen molar-refractivity contribution < 1.29 is 18.0 Å². The molecule has 0 spiro atoms. The van der Waals surface area contributed by atoms with Crippen LogP contribution in [0.5, 0.6) is 0 Å². The predicted molar refractivity (Wildman–Crippen MR) is 105 cm³/mol. The highest BCUT2D eigenvalue weighted by Crippen LogP contribution is 2.33. The van der Waals surface area contributed by atoms with Gasteiger partial charge in [0.15, 0.2) is 0 Å². The van der Waals surface area contributed by atoms with Crippen LogP contribution in [-0.4, -0.2) is 42.0 Å². The molecule has 0 unspecified atom stereocenters. The largest absolute Gasteiger partial charge is 0.416 e. The van der Waals surface area contributed by atoms with E-state index in [0.717, 1.165) is 30.9 Å². The lowest BCUT2D eigenvalue weighted by Crippen LogP contribution is -2.46. The van der Waals surface area contributed by atoms with Gasteiger partial charge in [0.25, 0.3) is 5.91 Å². The molecule has 3 aromatic rings. The molecule has 2 heterocycles. The van der Waals surface area contributed by atoms with Crippen LogP contribution in [0.25, 0.3) is 10.9 Å². The van der Waals surface area contributed by atoms with Crippen molar-refractivity contribution in [2.24, 2.45) is 0 Å². The highest BCUT2D eigenvalue weighted by molar-refractivity contribution is 5.96. The summed E-state index contributed by atoms with van der Waals surface area (Å²) in [5, 5.41) is 6.99. The van der Waals surface area contributed by atoms with Crippen LogP contribution in [0, 0.1) is 0 Å². The molecule has 150 valence electrons. The number of fused-ring (bicyclic) bond motifs is 1. The van der Waals surface area contributed by atoms with E-state index in [4.69, 9.17) is 0 Å². The summed E-state index contributed by atoms with van der Waals surface area (Å²) in [6.45, 7) is 2.94. The van der Waals surface area contributed by atoms with E-state index in [0.29, 0.717) is 29.7 Å². The first-order valence-electron chi connectivity index (χ1n) is 9.25. The lowest BCUT2D eigenvalue weighted by Gasteiger charge is -2.27. The summed E-state index contributed by atoms with van der Waals surface area (Å²) in [5.74, 6) is -0.00732. The summed E-state index contributed by atoms with van der Waals surface area (Å²) < 4.78 is 38.8. The Bertz CT molecular complexity index is 1030. The number of hydrogen-bond donors (Lipinski definition) is 2. The standard InChI is InChI=1S/C21H19F3N4O/c22-21(23,24)15-3-6-17-18(7-8-26-19(17)13-15)27-16-4-1-14(2-5-16)20(29)28-11-9-25-10-12-28/h1-8,13,25H,9-12H2,(H,26,27). The molecule has 1 aromatic heterocycles. The summed E-state index contributed by atoms with van der Waals surface area (Å²) in [7, 11) is 0. The normalized spacial score (nSPS) is 14.8. The van der Waals surface area contributed by atoms with Gasteiger partial charge in [0, 0.05) is 54.7 Å². The second-order valence-electron chi connectivity index (χ2n) is 6.83. The van der Waals surface area contributed by atoms with Gasteiger partial charge in [-0.2, -0.15) is 13.2 Å². The zero-order valence-corrected chi connectivity index (χ0v) is 15.5. The summed E-state index contributed by atoms with van der Waals surface area (Å²) in [6, 6.07) is 12.3. The average Bonchev–Trinajstić information content (AvgIpc) is 2.73. The Morgan fingerprint density at radius 1 is 1.03 bits per heavy atom. The van der Waals surface area contributed by atoms with Crippen LogP contribution < -0.4 is 10.6 Å². The minimum absolute atomic E-state index is 0.00732. The third-order valence-corrected chi connectivity index (χ3v) is 4.89. The number of rotatable bonds is 3. The Balaban J connectivity index is 1.54. The van der Waals surface area contributed by atoms with Crippen molar-refractivity contribution in [2.75, 3.05) is 31.5 Å². The number of anilines is 2. The van der Waals surface area contributed by atoms with Crippen molar-refractivity contribution >= 4 is 28.2 Å². The molecule has 1 aliphatic rings. The molecule has 1 aliphatic heterocycles. The monoisotopic (exact) mass is 400 g/mol. The van der Waals surface area contributed by atoms with Crippen LogP contribution in [0.1, 0.15) is 15.9 Å². The van der Waals surface area contributed by atoms with Gasteiger partial charge in [-0.1, -0.05) is 6.07 Å². The van der Waals surface area contributed by atoms with E-state index in [9.17, 15) is 18.0 Å². The van der Waals surface area contributed by atoms with Crippen molar-refractivity contribution in [3.05, 3.63) is 65.9 Å². The number of carbonyl (C=O) groups excluding carboxylic acids is 1. The number of halogens is 3. The van der Waals surface area contributed by atoms with Crippen LogP contribution in [0.15, 0.2) is 54.7 Å². The number of hydrogen-bond acceptors (Lipinski definition) is 4. The third-order valence-electron chi connectivity index (χ3n) is 4.89. The maximum absolute atomic E-state index is 12.9. The quantitative estimate of drug-likeness (QED) is 0.697. The summed E-state index contributed by atoms with van der Waals surface area (Å²) in [4.78, 5) is 18.4. The molecule has 1 amide bonds. The van der Waals surface area contributed by atoms with Gasteiger partial charge in [0.2, 0.25) is 0 Å². The second-order valence-corrected chi connectivity index (χ2v) is 6.83. The van der Waals surface area contributed by atoms with Gasteiger partial charge in [0.1, 0.15) is 0 Å². The Morgan fingerprint density at radius 2 is 1.76 bits per heavy atom. The molecule has 8 heteroatoms. The molecule has 0 bridgehead atoms. The minimum Gasteiger partial charge on any atom is -0.355 e. The Hall–Kier alpha value is -3.13. The lowest BCUT2D eigenvalue weighted by molar-refractivity contribution is -0.137. The number of nitrogens with zero attached hydrogens (tertiary/aromatic N) is 2. The maximum atomic E-state index is 12.9. The van der Waals surface area contributed by atoms with Crippen LogP contribution in [0.3, 0.4) is 0 Å². The van der Waals surface area contributed by atoms with Gasteiger partial charge in [-0.25, -0.2) is 0 Å². The van der Waals surface area contributed by atoms with Gasteiger partial charge in [0.05, 0.1) is 11.1 Å². The van der Waals surface area contributed by atoms with Gasteiger partial charge < -0.3 is 15.5 Å². The minimum atomic E-state index is -4.41. The molecule has 0 aliphatic carbocycles. The number of carbonyl (C=O) groups is 1. The zero-order valence-electron chi connectivity index (χ0n) is 15.5. The van der Waals surface area contributed by atoms with Crippen molar-refractivity contribution in [1.82, 2.24) is 15.2 Å². The zero-order chi connectivity index (χ0) is 20.4. The number of pyridine rings is 1. The topological polar surface area (TPSA) is 57.3 Å². The molecule has 2 N–H and O–H groups in total. The van der Waals surface area contributed by atoms with Crippen molar-refractivity contribution in [1.29, 1.82) is 0 Å². The highest BCUT2D eigenvalue weighted by atomic mass is 19.4. The van der Waals surface area contributed by atoms with Gasteiger partial charge in [-0.15, -0.1) is 0 Å². The van der Waals surface area contributed by atoms with E-state index in [1.807, 2.05) is 4.90 Å². The van der Waals surface area contributed by atoms with Crippen LogP contribution in [-0.2, 0) is 6.18 Å². The van der Waals surface area contributed by atoms with E-state index in [1.165, 1.54) is 12.3 Å². The van der Waals surface area contributed by atoms with E-state index in [2.05, 4.69) is 15.6 Å². The van der Waals surface area contributed by atoms with Gasteiger partial charge in [-0.3, -0.25) is 9.78 Å². The molecular formula is C21H19F3N4O. The molecule has 29 heavy (non-hydrogen) atoms. The number of nitrogens with one attached hydrogen (secondary N) is 2. The molecule has 5 nitrogen and oxygen atoms in total. The first-order chi connectivity index (χ1) is 13.9. The van der Waals surface area contributed by atoms with Gasteiger partial charge >= 0.3 is 6.18 Å². The number of alkyl halides is 3. The highest BCUT2D eigenvalue weighted by Gasteiger charge is 2.30. The smallest absolute Gasteiger partial charge is 0.355 e. The SMILES string of the molecule is O=C(c1ccc(Nc2ccnc3cc(C(F)(F)F)ccc23)cc1)N1CCNCC1. The van der Waals surface area contributed by atoms with Crippen molar-refractivity contribution in [2.45, 2.75) is 6.18 Å². The lowest BCUT2D eigenvalue weighted by atomic mass is 10.1. The fraction of sp³-hybridized carbons (Fsp3) is 0.238. The van der Waals surface area contributed by atoms with Crippen LogP contribution in [0.2, 0.25) is 0 Å². The third kappa shape index (κ3) is 4.17. The molecule has 1 saturated heterocycles. The van der Waals surface area contributed by atoms with E-state index in [-0.39, 0.29) is 11.4 Å². The molecule has 4 rings (SSSR count). The molecule has 0 atom stereocenters. The number of amides is 1. The van der Waals surface area contributed by atoms with E-state index >= 15 is 0 Å². The van der Waals surface area contributed by atoms with E-state index in [1.54, 1.807) is 30.3 Å². The Labute approximate surface area is 165 Å². The first-order valence-corrected chi connectivity index (χ1v) is 9.25. The fourth-order valence-electron chi connectivity index (χ4n) is 3.34. The van der Waals surface area contributed by atoms with Gasteiger partial charge in [-0.05, 0) is 42.5 Å². The molecule has 0 radical (unpaired) electrons. The predicted octanol–water partition coefficient (Wildman–Crippen LogP) is 4.04. The summed E-state index contributed by atoms with van der Waals surface area (Å²) >= 11 is 0. The summed E-state index contributed by atoms with van der Waals surface area (Å²) in [6.07, 6.45) is -2.95. The average molecular weight is 400 g/mol. The Morgan fingerprint density at radius 3 is 2.45 bits per heavy atom. The van der Waals surface area contributed by atoms with E-state index < -0.39 is 11.7 Å². The molecule has 2 aromatic carbocycles. The van der Waals surface area contributed by atoms with Crippen molar-refractivity contribution in [3.63, 3.8) is 0 Å². The first kappa shape index (κ1) is 19.2. The van der Waals surface area contributed by atoms with Crippen LogP contribution in [0.4, 0.5) is 24.5 Å². The molecule has 0 saturated carbocycles. The maximum Gasteiger partial charge on any atom is 0.416 e. The van der Waals surface area contributed by atoms with Crippen LogP contribution >= 0.6 is 0 Å².